The molecule has 8 heteroatoms. The highest BCUT2D eigenvalue weighted by Gasteiger charge is 2.16. The van der Waals surface area contributed by atoms with Crippen molar-refractivity contribution >= 4 is 45.9 Å². The molecule has 0 aliphatic carbocycles. The number of benzene rings is 3. The van der Waals surface area contributed by atoms with Gasteiger partial charge < -0.3 is 5.32 Å². The zero-order chi connectivity index (χ0) is 21.8. The largest absolute Gasteiger partial charge is 0.325 e. The highest BCUT2D eigenvalue weighted by Crippen LogP contribution is 2.25. The summed E-state index contributed by atoms with van der Waals surface area (Å²) in [5, 5.41) is 12.9. The lowest BCUT2D eigenvalue weighted by Gasteiger charge is -2.14. The molecule has 0 spiro atoms. The number of thioether (sulfide) groups is 1. The van der Waals surface area contributed by atoms with Gasteiger partial charge in [-0.2, -0.15) is 5.26 Å². The van der Waals surface area contributed by atoms with Crippen LogP contribution in [0.3, 0.4) is 0 Å². The van der Waals surface area contributed by atoms with E-state index >= 15 is 0 Å². The van der Waals surface area contributed by atoms with Crippen molar-refractivity contribution in [1.29, 1.82) is 5.26 Å². The van der Waals surface area contributed by atoms with Crippen molar-refractivity contribution in [3.8, 4) is 11.8 Å². The molecule has 1 aromatic heterocycles. The van der Waals surface area contributed by atoms with Crippen LogP contribution >= 0.6 is 23.4 Å². The highest BCUT2D eigenvalue weighted by molar-refractivity contribution is 7.99. The minimum absolute atomic E-state index is 0.0369. The van der Waals surface area contributed by atoms with Crippen LogP contribution in [0.4, 0.5) is 5.69 Å². The number of nitrogens with zero attached hydrogens (tertiary/aromatic N) is 3. The van der Waals surface area contributed by atoms with Crippen LogP contribution in [0.2, 0.25) is 5.02 Å². The maximum atomic E-state index is 13.2. The zero-order valence-electron chi connectivity index (χ0n) is 16.1. The summed E-state index contributed by atoms with van der Waals surface area (Å²) in [5.41, 5.74) is 1.89. The Morgan fingerprint density at radius 3 is 2.52 bits per heavy atom. The quantitative estimate of drug-likeness (QED) is 0.356. The Balaban J connectivity index is 1.65. The van der Waals surface area contributed by atoms with E-state index in [9.17, 15) is 9.59 Å². The van der Waals surface area contributed by atoms with Gasteiger partial charge >= 0.3 is 0 Å². The first-order valence-electron chi connectivity index (χ1n) is 9.26. The van der Waals surface area contributed by atoms with Crippen molar-refractivity contribution in [2.45, 2.75) is 5.16 Å². The van der Waals surface area contributed by atoms with Crippen molar-refractivity contribution in [2.24, 2.45) is 0 Å². The van der Waals surface area contributed by atoms with E-state index in [4.69, 9.17) is 16.9 Å². The summed E-state index contributed by atoms with van der Waals surface area (Å²) in [4.78, 5) is 30.3. The van der Waals surface area contributed by atoms with E-state index in [1.165, 1.54) is 4.57 Å². The molecule has 4 aromatic rings. The Labute approximate surface area is 187 Å². The molecule has 152 valence electrons. The van der Waals surface area contributed by atoms with Crippen molar-refractivity contribution < 1.29 is 4.79 Å². The number of hydrogen-bond acceptors (Lipinski definition) is 5. The van der Waals surface area contributed by atoms with Crippen molar-refractivity contribution in [3.63, 3.8) is 0 Å². The van der Waals surface area contributed by atoms with Gasteiger partial charge in [-0.25, -0.2) is 4.98 Å². The molecular weight excluding hydrogens is 432 g/mol. The number of hydrogen-bond donors (Lipinski definition) is 1. The smallest absolute Gasteiger partial charge is 0.266 e. The molecule has 0 saturated heterocycles. The second kappa shape index (κ2) is 9.04. The van der Waals surface area contributed by atoms with Crippen LogP contribution in [0.5, 0.6) is 0 Å². The number of nitriles is 1. The molecule has 3 aromatic carbocycles. The van der Waals surface area contributed by atoms with E-state index in [1.807, 2.05) is 6.07 Å². The Morgan fingerprint density at radius 2 is 1.77 bits per heavy atom. The number of para-hydroxylation sites is 2. The number of carbonyl (C=O) groups is 1. The molecule has 1 N–H and O–H groups in total. The summed E-state index contributed by atoms with van der Waals surface area (Å²) < 4.78 is 1.43. The monoisotopic (exact) mass is 446 g/mol. The number of nitrogens with one attached hydrogen (secondary N) is 1. The molecule has 6 nitrogen and oxygen atoms in total. The van der Waals surface area contributed by atoms with Gasteiger partial charge in [0.15, 0.2) is 5.16 Å². The molecule has 0 aliphatic rings. The summed E-state index contributed by atoms with van der Waals surface area (Å²) in [6.07, 6.45) is 0. The third kappa shape index (κ3) is 4.45. The van der Waals surface area contributed by atoms with E-state index in [-0.39, 0.29) is 17.2 Å². The fourth-order valence-electron chi connectivity index (χ4n) is 3.01. The van der Waals surface area contributed by atoms with Crippen molar-refractivity contribution in [3.05, 3.63) is 93.7 Å². The van der Waals surface area contributed by atoms with Crippen LogP contribution in [0.25, 0.3) is 16.6 Å². The number of amides is 1. The van der Waals surface area contributed by atoms with Crippen LogP contribution in [-0.2, 0) is 4.79 Å². The van der Waals surface area contributed by atoms with Crippen LogP contribution in [0.15, 0.2) is 82.7 Å². The molecule has 0 fully saturated rings. The number of rotatable bonds is 5. The molecule has 1 heterocycles. The van der Waals surface area contributed by atoms with E-state index in [0.717, 1.165) is 11.8 Å². The Morgan fingerprint density at radius 1 is 1.06 bits per heavy atom. The van der Waals surface area contributed by atoms with E-state index in [1.54, 1.807) is 72.8 Å². The third-order valence-electron chi connectivity index (χ3n) is 4.47. The summed E-state index contributed by atoms with van der Waals surface area (Å²) in [6.45, 7) is 0. The van der Waals surface area contributed by atoms with E-state index < -0.39 is 0 Å². The fraction of sp³-hybridized carbons (Fsp3) is 0.0435. The van der Waals surface area contributed by atoms with Gasteiger partial charge in [0, 0.05) is 5.69 Å². The average Bonchev–Trinajstić information content (AvgIpc) is 2.79. The van der Waals surface area contributed by atoms with E-state index in [0.29, 0.717) is 38.0 Å². The minimum atomic E-state index is -0.261. The van der Waals surface area contributed by atoms with Crippen LogP contribution in [-0.4, -0.2) is 21.2 Å². The normalized spacial score (nSPS) is 10.6. The molecular formula is C23H15ClN4O2S. The van der Waals surface area contributed by atoms with Gasteiger partial charge in [0.25, 0.3) is 5.56 Å². The highest BCUT2D eigenvalue weighted by atomic mass is 35.5. The van der Waals surface area contributed by atoms with Crippen molar-refractivity contribution in [2.75, 3.05) is 11.1 Å². The molecule has 0 aliphatic heterocycles. The second-order valence-electron chi connectivity index (χ2n) is 6.53. The molecule has 4 rings (SSSR count). The number of carbonyl (C=O) groups excluding carboxylic acids is 1. The number of fused-ring (bicyclic) bond motifs is 1. The van der Waals surface area contributed by atoms with Crippen LogP contribution < -0.4 is 10.9 Å². The average molecular weight is 447 g/mol. The zero-order valence-corrected chi connectivity index (χ0v) is 17.7. The lowest BCUT2D eigenvalue weighted by atomic mass is 10.2. The molecule has 0 radical (unpaired) electrons. The van der Waals surface area contributed by atoms with Gasteiger partial charge in [-0.1, -0.05) is 47.6 Å². The predicted octanol–water partition coefficient (Wildman–Crippen LogP) is 4.64. The summed E-state index contributed by atoms with van der Waals surface area (Å²) >= 11 is 7.49. The van der Waals surface area contributed by atoms with Gasteiger partial charge in [0.05, 0.1) is 39.0 Å². The first-order chi connectivity index (χ1) is 15.1. The molecule has 0 bridgehead atoms. The maximum absolute atomic E-state index is 13.2. The standard InChI is InChI=1S/C23H15ClN4O2S/c24-18-6-2-4-8-20(18)28-22(30)17-5-1-3-7-19(17)27-23(28)31-14-21(29)26-16-11-9-15(13-25)10-12-16/h1-12H,14H2,(H,26,29). The van der Waals surface area contributed by atoms with Gasteiger partial charge in [-0.3, -0.25) is 14.2 Å². The Bertz CT molecular complexity index is 1380. The summed E-state index contributed by atoms with van der Waals surface area (Å²) in [7, 11) is 0. The molecule has 0 unspecified atom stereocenters. The first kappa shape index (κ1) is 20.7. The van der Waals surface area contributed by atoms with Gasteiger partial charge in [-0.05, 0) is 48.5 Å². The summed E-state index contributed by atoms with van der Waals surface area (Å²) in [6, 6.07) is 22.7. The Hall–Kier alpha value is -3.60. The number of anilines is 1. The molecule has 0 atom stereocenters. The number of aromatic nitrogens is 2. The fourth-order valence-corrected chi connectivity index (χ4v) is 4.04. The van der Waals surface area contributed by atoms with Gasteiger partial charge in [-0.15, -0.1) is 0 Å². The molecule has 0 saturated carbocycles. The Kier molecular flexibility index (Phi) is 6.03. The SMILES string of the molecule is N#Cc1ccc(NC(=O)CSc2nc3ccccc3c(=O)n2-c2ccccc2Cl)cc1. The lowest BCUT2D eigenvalue weighted by molar-refractivity contribution is -0.113. The second-order valence-corrected chi connectivity index (χ2v) is 7.88. The number of halogens is 1. The maximum Gasteiger partial charge on any atom is 0.266 e. The topological polar surface area (TPSA) is 87.8 Å². The van der Waals surface area contributed by atoms with Gasteiger partial charge in [0.1, 0.15) is 0 Å². The van der Waals surface area contributed by atoms with Crippen molar-refractivity contribution in [1.82, 2.24) is 9.55 Å². The third-order valence-corrected chi connectivity index (χ3v) is 5.73. The molecule has 1 amide bonds. The van der Waals surface area contributed by atoms with Crippen LogP contribution in [0.1, 0.15) is 5.56 Å². The minimum Gasteiger partial charge on any atom is -0.325 e. The summed E-state index contributed by atoms with van der Waals surface area (Å²) in [5.74, 6) is -0.224. The predicted molar refractivity (Wildman–Crippen MR) is 123 cm³/mol. The van der Waals surface area contributed by atoms with E-state index in [2.05, 4.69) is 10.3 Å². The first-order valence-corrected chi connectivity index (χ1v) is 10.6. The molecule has 31 heavy (non-hydrogen) atoms. The van der Waals surface area contributed by atoms with Crippen LogP contribution in [0, 0.1) is 11.3 Å². The lowest BCUT2D eigenvalue weighted by Crippen LogP contribution is -2.23. The van der Waals surface area contributed by atoms with Gasteiger partial charge in [0.2, 0.25) is 5.91 Å².